The third-order valence-corrected chi connectivity index (χ3v) is 7.90. The Morgan fingerprint density at radius 3 is 2.66 bits per heavy atom. The number of fused-ring (bicyclic) bond motifs is 1. The van der Waals surface area contributed by atoms with Gasteiger partial charge in [-0.25, -0.2) is 4.39 Å². The van der Waals surface area contributed by atoms with Crippen molar-refractivity contribution in [1.82, 2.24) is 15.1 Å². The van der Waals surface area contributed by atoms with E-state index in [-0.39, 0.29) is 30.2 Å². The molecule has 2 aromatic rings. The van der Waals surface area contributed by atoms with Crippen LogP contribution < -0.4 is 10.1 Å². The maximum absolute atomic E-state index is 13.6. The molecule has 7 nitrogen and oxygen atoms in total. The van der Waals surface area contributed by atoms with Crippen molar-refractivity contribution in [1.29, 1.82) is 0 Å². The minimum absolute atomic E-state index is 0.0739. The predicted octanol–water partition coefficient (Wildman–Crippen LogP) is 2.99. The van der Waals surface area contributed by atoms with Gasteiger partial charge in [-0.15, -0.1) is 0 Å². The fourth-order valence-electron chi connectivity index (χ4n) is 6.02. The van der Waals surface area contributed by atoms with Crippen LogP contribution in [-0.4, -0.2) is 58.8 Å². The van der Waals surface area contributed by atoms with Crippen molar-refractivity contribution in [2.45, 2.75) is 62.8 Å². The maximum atomic E-state index is 13.6. The van der Waals surface area contributed by atoms with E-state index < -0.39 is 11.9 Å². The smallest absolute Gasteiger partial charge is 0.255 e. The number of benzene rings is 2. The standard InChI is InChI=1S/C27H28FN3O4/c28-19-4-1-3-16(11-19)18-13-30(14-18)22-5-2-6-24(22)35-20-7-8-21-17(12-20)15-31(27(21)34)23-9-10-25(32)29-26(23)33/h1,3-4,7-8,11-12,18,22-24H,2,5-6,9-10,13-15H2,(H,29,32,33)/t22-,23?,24+/m1/s1. The Balaban J connectivity index is 1.10. The Hall–Kier alpha value is -3.26. The molecule has 3 heterocycles. The van der Waals surface area contributed by atoms with Crippen molar-refractivity contribution < 1.29 is 23.5 Å². The molecule has 4 aliphatic rings. The number of hydrogen-bond donors (Lipinski definition) is 1. The van der Waals surface area contributed by atoms with Gasteiger partial charge in [0.15, 0.2) is 0 Å². The first-order valence-electron chi connectivity index (χ1n) is 12.4. The fourth-order valence-corrected chi connectivity index (χ4v) is 6.02. The Morgan fingerprint density at radius 2 is 1.86 bits per heavy atom. The minimum atomic E-state index is -0.617. The van der Waals surface area contributed by atoms with Crippen LogP contribution in [0.25, 0.3) is 0 Å². The first kappa shape index (κ1) is 22.2. The van der Waals surface area contributed by atoms with Gasteiger partial charge in [0.25, 0.3) is 5.91 Å². The molecule has 182 valence electrons. The number of nitrogens with one attached hydrogen (secondary N) is 1. The molecule has 2 aromatic carbocycles. The van der Waals surface area contributed by atoms with Gasteiger partial charge in [0, 0.05) is 43.6 Å². The summed E-state index contributed by atoms with van der Waals surface area (Å²) in [6.07, 6.45) is 3.82. The molecule has 3 amide bonds. The number of amides is 3. The highest BCUT2D eigenvalue weighted by Gasteiger charge is 2.42. The van der Waals surface area contributed by atoms with Gasteiger partial charge in [0.1, 0.15) is 23.7 Å². The second-order valence-electron chi connectivity index (χ2n) is 10.1. The molecule has 6 rings (SSSR count). The quantitative estimate of drug-likeness (QED) is 0.670. The second kappa shape index (κ2) is 8.75. The third-order valence-electron chi connectivity index (χ3n) is 7.90. The molecule has 1 N–H and O–H groups in total. The van der Waals surface area contributed by atoms with Crippen molar-refractivity contribution >= 4 is 17.7 Å². The molecule has 1 saturated carbocycles. The summed E-state index contributed by atoms with van der Waals surface area (Å²) in [4.78, 5) is 40.7. The average molecular weight is 478 g/mol. The zero-order valence-corrected chi connectivity index (χ0v) is 19.4. The number of halogens is 1. The van der Waals surface area contributed by atoms with Crippen LogP contribution in [0.5, 0.6) is 5.75 Å². The monoisotopic (exact) mass is 477 g/mol. The van der Waals surface area contributed by atoms with Gasteiger partial charge < -0.3 is 9.64 Å². The number of hydrogen-bond acceptors (Lipinski definition) is 5. The van der Waals surface area contributed by atoms with E-state index >= 15 is 0 Å². The fraction of sp³-hybridized carbons (Fsp3) is 0.444. The average Bonchev–Trinajstić information content (AvgIpc) is 3.37. The van der Waals surface area contributed by atoms with Gasteiger partial charge in [-0.1, -0.05) is 12.1 Å². The summed E-state index contributed by atoms with van der Waals surface area (Å²) in [5.41, 5.74) is 2.49. The molecule has 0 aromatic heterocycles. The van der Waals surface area contributed by atoms with Crippen LogP contribution in [0.1, 0.15) is 59.5 Å². The molecule has 1 aliphatic carbocycles. The number of rotatable bonds is 5. The summed E-state index contributed by atoms with van der Waals surface area (Å²) in [6, 6.07) is 12.1. The van der Waals surface area contributed by atoms with Crippen LogP contribution in [0, 0.1) is 5.82 Å². The lowest BCUT2D eigenvalue weighted by Gasteiger charge is -2.45. The number of piperidine rings is 1. The van der Waals surface area contributed by atoms with E-state index in [9.17, 15) is 18.8 Å². The molecule has 8 heteroatoms. The molecule has 0 spiro atoms. The molecule has 3 fully saturated rings. The normalized spacial score (nSPS) is 27.1. The summed E-state index contributed by atoms with van der Waals surface area (Å²) in [7, 11) is 0. The highest BCUT2D eigenvalue weighted by Crippen LogP contribution is 2.37. The van der Waals surface area contributed by atoms with Crippen molar-refractivity contribution in [3.05, 3.63) is 65.0 Å². The van der Waals surface area contributed by atoms with Gasteiger partial charge in [0.2, 0.25) is 11.8 Å². The summed E-state index contributed by atoms with van der Waals surface area (Å²) < 4.78 is 20.0. The maximum Gasteiger partial charge on any atom is 0.255 e. The van der Waals surface area contributed by atoms with Crippen LogP contribution in [-0.2, 0) is 16.1 Å². The second-order valence-corrected chi connectivity index (χ2v) is 10.1. The lowest BCUT2D eigenvalue weighted by atomic mass is 9.89. The van der Waals surface area contributed by atoms with Gasteiger partial charge in [-0.2, -0.15) is 0 Å². The number of carbonyl (C=O) groups excluding carboxylic acids is 3. The number of likely N-dealkylation sites (tertiary alicyclic amines) is 1. The molecule has 3 atom stereocenters. The highest BCUT2D eigenvalue weighted by molar-refractivity contribution is 6.05. The van der Waals surface area contributed by atoms with Gasteiger partial charge in [-0.05, 0) is 67.1 Å². The first-order chi connectivity index (χ1) is 17.0. The third kappa shape index (κ3) is 4.10. The molecule has 1 unspecified atom stereocenters. The lowest BCUT2D eigenvalue weighted by Crippen LogP contribution is -2.54. The van der Waals surface area contributed by atoms with E-state index in [2.05, 4.69) is 10.2 Å². The van der Waals surface area contributed by atoms with Crippen LogP contribution in [0.15, 0.2) is 42.5 Å². The first-order valence-corrected chi connectivity index (χ1v) is 12.4. The van der Waals surface area contributed by atoms with E-state index in [1.807, 2.05) is 18.2 Å². The van der Waals surface area contributed by atoms with E-state index in [1.54, 1.807) is 23.1 Å². The Labute approximate surface area is 203 Å². The van der Waals surface area contributed by atoms with Crippen molar-refractivity contribution in [2.75, 3.05) is 13.1 Å². The van der Waals surface area contributed by atoms with Crippen LogP contribution in [0.3, 0.4) is 0 Å². The van der Waals surface area contributed by atoms with Crippen LogP contribution >= 0.6 is 0 Å². The predicted molar refractivity (Wildman–Crippen MR) is 125 cm³/mol. The summed E-state index contributed by atoms with van der Waals surface area (Å²) in [6.45, 7) is 2.16. The zero-order valence-electron chi connectivity index (χ0n) is 19.4. The van der Waals surface area contributed by atoms with Crippen molar-refractivity contribution in [2.24, 2.45) is 0 Å². The van der Waals surface area contributed by atoms with Gasteiger partial charge in [0.05, 0.1) is 0 Å². The molecule has 0 radical (unpaired) electrons. The summed E-state index contributed by atoms with van der Waals surface area (Å²) in [5.74, 6) is 0.0375. The summed E-state index contributed by atoms with van der Waals surface area (Å²) in [5, 5.41) is 2.34. The Bertz CT molecular complexity index is 1190. The molecule has 0 bridgehead atoms. The SMILES string of the molecule is O=C1CCC(N2Cc3cc(O[C@H]4CCC[C@H]4N4CC(c5cccc(F)c5)C4)ccc3C2=O)C(=O)N1. The molecular weight excluding hydrogens is 449 g/mol. The molecule has 2 saturated heterocycles. The van der Waals surface area contributed by atoms with E-state index in [0.29, 0.717) is 30.5 Å². The van der Waals surface area contributed by atoms with E-state index in [4.69, 9.17) is 4.74 Å². The van der Waals surface area contributed by atoms with Crippen LogP contribution in [0.2, 0.25) is 0 Å². The minimum Gasteiger partial charge on any atom is -0.489 e. The Kier molecular flexibility index (Phi) is 5.56. The number of ether oxygens (including phenoxy) is 1. The summed E-state index contributed by atoms with van der Waals surface area (Å²) >= 11 is 0. The molecular formula is C27H28FN3O4. The number of carbonyl (C=O) groups is 3. The number of nitrogens with zero attached hydrogens (tertiary/aromatic N) is 2. The van der Waals surface area contributed by atoms with Crippen molar-refractivity contribution in [3.63, 3.8) is 0 Å². The molecule has 3 aliphatic heterocycles. The van der Waals surface area contributed by atoms with Crippen LogP contribution in [0.4, 0.5) is 4.39 Å². The van der Waals surface area contributed by atoms with Gasteiger partial charge >= 0.3 is 0 Å². The topological polar surface area (TPSA) is 79.0 Å². The zero-order chi connectivity index (χ0) is 24.1. The van der Waals surface area contributed by atoms with Gasteiger partial charge in [-0.3, -0.25) is 24.6 Å². The molecule has 35 heavy (non-hydrogen) atoms. The van der Waals surface area contributed by atoms with E-state index in [0.717, 1.165) is 49.2 Å². The largest absolute Gasteiger partial charge is 0.489 e. The number of imide groups is 1. The Morgan fingerprint density at radius 1 is 1.00 bits per heavy atom. The van der Waals surface area contributed by atoms with Crippen molar-refractivity contribution in [3.8, 4) is 5.75 Å². The highest BCUT2D eigenvalue weighted by atomic mass is 19.1. The van der Waals surface area contributed by atoms with E-state index in [1.165, 1.54) is 6.07 Å². The lowest BCUT2D eigenvalue weighted by molar-refractivity contribution is -0.136.